The van der Waals surface area contributed by atoms with Gasteiger partial charge in [0.1, 0.15) is 17.6 Å². The highest BCUT2D eigenvalue weighted by molar-refractivity contribution is 5.93. The molecule has 0 amide bonds. The van der Waals surface area contributed by atoms with E-state index < -0.39 is 11.9 Å². The van der Waals surface area contributed by atoms with Gasteiger partial charge in [-0.2, -0.15) is 0 Å². The van der Waals surface area contributed by atoms with Crippen molar-refractivity contribution in [3.8, 4) is 11.5 Å². The molecule has 0 saturated heterocycles. The first-order valence-electron chi connectivity index (χ1n) is 12.1. The molecule has 4 rings (SSSR count). The van der Waals surface area contributed by atoms with Crippen LogP contribution in [0.15, 0.2) is 72.8 Å². The van der Waals surface area contributed by atoms with Crippen molar-refractivity contribution in [3.05, 3.63) is 101 Å². The Morgan fingerprint density at radius 3 is 2.17 bits per heavy atom. The number of unbranched alkanes of at least 4 members (excludes halogenated alkanes) is 3. The van der Waals surface area contributed by atoms with E-state index in [-0.39, 0.29) is 6.10 Å². The van der Waals surface area contributed by atoms with Gasteiger partial charge in [-0.15, -0.1) is 0 Å². The minimum Gasteiger partial charge on any atom is -0.423 e. The second-order valence-corrected chi connectivity index (χ2v) is 8.59. The number of hydrogen-bond acceptors (Lipinski definition) is 5. The highest BCUT2D eigenvalue weighted by Crippen LogP contribution is 2.37. The van der Waals surface area contributed by atoms with Crippen molar-refractivity contribution >= 4 is 18.0 Å². The number of carbonyl (C=O) groups is 2. The molecule has 0 aliphatic heterocycles. The van der Waals surface area contributed by atoms with Gasteiger partial charge in [0.15, 0.2) is 0 Å². The fraction of sp³-hybridized carbons (Fsp3) is 0.267. The van der Waals surface area contributed by atoms with Crippen molar-refractivity contribution < 1.29 is 23.8 Å². The Balaban J connectivity index is 1.34. The van der Waals surface area contributed by atoms with Gasteiger partial charge in [-0.05, 0) is 66.4 Å². The molecule has 0 N–H and O–H groups in total. The lowest BCUT2D eigenvalue weighted by molar-refractivity contribution is 0.0723. The quantitative estimate of drug-likeness (QED) is 0.182. The van der Waals surface area contributed by atoms with E-state index in [1.165, 1.54) is 24.8 Å². The van der Waals surface area contributed by atoms with Gasteiger partial charge in [-0.3, -0.25) is 0 Å². The van der Waals surface area contributed by atoms with Crippen LogP contribution in [-0.2, 0) is 11.2 Å². The normalized spacial score (nSPS) is 13.9. The zero-order chi connectivity index (χ0) is 24.6. The van der Waals surface area contributed by atoms with Crippen molar-refractivity contribution in [2.45, 2.75) is 45.1 Å². The molecule has 180 valence electrons. The van der Waals surface area contributed by atoms with Crippen molar-refractivity contribution in [2.24, 2.45) is 0 Å². The van der Waals surface area contributed by atoms with Gasteiger partial charge in [-0.25, -0.2) is 9.59 Å². The molecule has 3 aromatic carbocycles. The van der Waals surface area contributed by atoms with Gasteiger partial charge in [0, 0.05) is 12.7 Å². The fourth-order valence-electron chi connectivity index (χ4n) is 4.13. The average Bonchev–Trinajstić information content (AvgIpc) is 3.32. The Bertz CT molecular complexity index is 1190. The first kappa shape index (κ1) is 24.4. The number of aryl methyl sites for hydroxylation is 1. The molecule has 0 radical (unpaired) electrons. The molecule has 3 aromatic rings. The molecule has 0 fully saturated rings. The molecular formula is C30H30O5. The Morgan fingerprint density at radius 1 is 0.800 bits per heavy atom. The van der Waals surface area contributed by atoms with E-state index in [2.05, 4.69) is 6.92 Å². The van der Waals surface area contributed by atoms with E-state index in [1.807, 2.05) is 36.4 Å². The topological polar surface area (TPSA) is 61.8 Å². The monoisotopic (exact) mass is 470 g/mol. The fourth-order valence-corrected chi connectivity index (χ4v) is 4.13. The summed E-state index contributed by atoms with van der Waals surface area (Å²) in [5, 5.41) is 0. The lowest BCUT2D eigenvalue weighted by atomic mass is 10.0. The molecule has 0 heterocycles. The van der Waals surface area contributed by atoms with E-state index in [1.54, 1.807) is 49.6 Å². The molecular weight excluding hydrogens is 440 g/mol. The standard InChI is InChI=1S/C30H30O5/c1-3-4-5-6-8-21-11-13-23(14-12-21)29(31)34-25-18-15-24(16-19-25)30(32)35-27-10-7-9-22-17-20-26(33-2)28(22)27/h7,9-20,26H,3-6,8H2,1-2H3. The van der Waals surface area contributed by atoms with Crippen molar-refractivity contribution in [1.82, 2.24) is 0 Å². The molecule has 0 aromatic heterocycles. The van der Waals surface area contributed by atoms with Crippen LogP contribution < -0.4 is 9.47 Å². The third-order valence-electron chi connectivity index (χ3n) is 6.10. The second-order valence-electron chi connectivity index (χ2n) is 8.59. The largest absolute Gasteiger partial charge is 0.423 e. The minimum absolute atomic E-state index is 0.245. The van der Waals surface area contributed by atoms with E-state index >= 15 is 0 Å². The molecule has 0 saturated carbocycles. The molecule has 1 unspecified atom stereocenters. The summed E-state index contributed by atoms with van der Waals surface area (Å²) >= 11 is 0. The maximum absolute atomic E-state index is 12.7. The van der Waals surface area contributed by atoms with Gasteiger partial charge in [0.2, 0.25) is 0 Å². The maximum atomic E-state index is 12.7. The van der Waals surface area contributed by atoms with Crippen molar-refractivity contribution in [3.63, 3.8) is 0 Å². The van der Waals surface area contributed by atoms with Gasteiger partial charge in [-0.1, -0.05) is 62.6 Å². The number of benzene rings is 3. The number of fused-ring (bicyclic) bond motifs is 1. The van der Waals surface area contributed by atoms with E-state index in [0.29, 0.717) is 22.6 Å². The molecule has 5 nitrogen and oxygen atoms in total. The summed E-state index contributed by atoms with van der Waals surface area (Å²) < 4.78 is 16.6. The summed E-state index contributed by atoms with van der Waals surface area (Å²) in [5.41, 5.74) is 3.87. The van der Waals surface area contributed by atoms with Crippen LogP contribution in [0.4, 0.5) is 0 Å². The number of hydrogen-bond donors (Lipinski definition) is 0. The Kier molecular flexibility index (Phi) is 8.11. The van der Waals surface area contributed by atoms with Gasteiger partial charge < -0.3 is 14.2 Å². The smallest absolute Gasteiger partial charge is 0.343 e. The van der Waals surface area contributed by atoms with E-state index in [9.17, 15) is 9.59 Å². The van der Waals surface area contributed by atoms with Crippen LogP contribution in [0.25, 0.3) is 6.08 Å². The van der Waals surface area contributed by atoms with Gasteiger partial charge in [0.05, 0.1) is 11.1 Å². The first-order chi connectivity index (χ1) is 17.1. The van der Waals surface area contributed by atoms with Crippen LogP contribution in [0, 0.1) is 0 Å². The zero-order valence-electron chi connectivity index (χ0n) is 20.2. The average molecular weight is 471 g/mol. The van der Waals surface area contributed by atoms with Crippen LogP contribution in [-0.4, -0.2) is 19.0 Å². The zero-order valence-corrected chi connectivity index (χ0v) is 20.2. The summed E-state index contributed by atoms with van der Waals surface area (Å²) in [7, 11) is 1.62. The lowest BCUT2D eigenvalue weighted by Gasteiger charge is -2.14. The molecule has 0 spiro atoms. The molecule has 1 aliphatic rings. The first-order valence-corrected chi connectivity index (χ1v) is 12.1. The lowest BCUT2D eigenvalue weighted by Crippen LogP contribution is -2.12. The molecule has 5 heteroatoms. The van der Waals surface area contributed by atoms with Crippen LogP contribution in [0.2, 0.25) is 0 Å². The highest BCUT2D eigenvalue weighted by atomic mass is 16.5. The van der Waals surface area contributed by atoms with Crippen molar-refractivity contribution in [2.75, 3.05) is 7.11 Å². The SMILES string of the molecule is CCCCCCc1ccc(C(=O)Oc2ccc(C(=O)Oc3cccc4c3C(OC)C=C4)cc2)cc1. The van der Waals surface area contributed by atoms with Crippen molar-refractivity contribution in [1.29, 1.82) is 0 Å². The van der Waals surface area contributed by atoms with E-state index in [0.717, 1.165) is 24.0 Å². The molecule has 0 bridgehead atoms. The Morgan fingerprint density at radius 2 is 1.49 bits per heavy atom. The number of esters is 2. The third-order valence-corrected chi connectivity index (χ3v) is 6.10. The van der Waals surface area contributed by atoms with Crippen LogP contribution >= 0.6 is 0 Å². The third kappa shape index (κ3) is 6.06. The van der Waals surface area contributed by atoms with Crippen LogP contribution in [0.3, 0.4) is 0 Å². The van der Waals surface area contributed by atoms with Gasteiger partial charge in [0.25, 0.3) is 0 Å². The molecule has 1 aliphatic carbocycles. The summed E-state index contributed by atoms with van der Waals surface area (Å²) in [6, 6.07) is 19.4. The minimum atomic E-state index is -0.493. The number of carbonyl (C=O) groups excluding carboxylic acids is 2. The second kappa shape index (κ2) is 11.6. The number of methoxy groups -OCH3 is 1. The number of ether oxygens (including phenoxy) is 3. The Hall–Kier alpha value is -3.70. The summed E-state index contributed by atoms with van der Waals surface area (Å²) in [6.45, 7) is 2.20. The highest BCUT2D eigenvalue weighted by Gasteiger charge is 2.23. The predicted octanol–water partition coefficient (Wildman–Crippen LogP) is 6.96. The summed E-state index contributed by atoms with van der Waals surface area (Å²) in [5.74, 6) is -0.100. The Labute approximate surface area is 206 Å². The summed E-state index contributed by atoms with van der Waals surface area (Å²) in [4.78, 5) is 25.2. The number of rotatable bonds is 10. The molecule has 1 atom stereocenters. The molecule has 35 heavy (non-hydrogen) atoms. The van der Waals surface area contributed by atoms with Gasteiger partial charge >= 0.3 is 11.9 Å². The van der Waals surface area contributed by atoms with E-state index in [4.69, 9.17) is 14.2 Å². The van der Waals surface area contributed by atoms with Crippen LogP contribution in [0.1, 0.15) is 76.1 Å². The maximum Gasteiger partial charge on any atom is 0.343 e. The predicted molar refractivity (Wildman–Crippen MR) is 136 cm³/mol. The summed E-state index contributed by atoms with van der Waals surface area (Å²) in [6.07, 6.45) is 9.49. The van der Waals surface area contributed by atoms with Crippen LogP contribution in [0.5, 0.6) is 11.5 Å².